The van der Waals surface area contributed by atoms with Crippen LogP contribution in [0, 0.1) is 0 Å². The molecule has 0 aliphatic carbocycles. The highest BCUT2D eigenvalue weighted by molar-refractivity contribution is 9.10. The summed E-state index contributed by atoms with van der Waals surface area (Å²) in [5.74, 6) is 0.514. The standard InChI is InChI=1S/C27H21BrClN3O3/c1-15(33)32-24(16-7-10-18(35-2)11-8-16)14-23(31-32)26-25(19-5-3-4-6-21(19)29)20-13-17(28)9-12-22(20)30-27(26)34/h3-13,24H,14H2,1-2H3,(H,30,34)/t24-/m0/s1. The van der Waals surface area contributed by atoms with Gasteiger partial charge in [-0.15, -0.1) is 0 Å². The first-order chi connectivity index (χ1) is 16.9. The number of benzene rings is 3. The lowest BCUT2D eigenvalue weighted by atomic mass is 9.91. The maximum atomic E-state index is 13.5. The average Bonchev–Trinajstić information content (AvgIpc) is 3.29. The summed E-state index contributed by atoms with van der Waals surface area (Å²) in [5.41, 5.74) is 3.65. The largest absolute Gasteiger partial charge is 0.497 e. The van der Waals surface area contributed by atoms with Crippen LogP contribution in [0.3, 0.4) is 0 Å². The van der Waals surface area contributed by atoms with Gasteiger partial charge in [-0.3, -0.25) is 9.59 Å². The molecule has 5 rings (SSSR count). The van der Waals surface area contributed by atoms with Crippen LogP contribution < -0.4 is 10.3 Å². The number of rotatable bonds is 4. The number of hydrogen-bond acceptors (Lipinski definition) is 4. The Morgan fingerprint density at radius 3 is 2.54 bits per heavy atom. The summed E-state index contributed by atoms with van der Waals surface area (Å²) in [4.78, 5) is 29.0. The minimum absolute atomic E-state index is 0.208. The number of nitrogens with one attached hydrogen (secondary N) is 1. The third kappa shape index (κ3) is 4.26. The summed E-state index contributed by atoms with van der Waals surface area (Å²) in [7, 11) is 1.61. The first-order valence-electron chi connectivity index (χ1n) is 11.0. The van der Waals surface area contributed by atoms with Gasteiger partial charge in [0.15, 0.2) is 0 Å². The van der Waals surface area contributed by atoms with E-state index in [9.17, 15) is 9.59 Å². The van der Waals surface area contributed by atoms with E-state index in [-0.39, 0.29) is 17.5 Å². The number of methoxy groups -OCH3 is 1. The first kappa shape index (κ1) is 23.3. The van der Waals surface area contributed by atoms with E-state index < -0.39 is 0 Å². The molecular formula is C27H21BrClN3O3. The molecule has 0 radical (unpaired) electrons. The van der Waals surface area contributed by atoms with Gasteiger partial charge >= 0.3 is 0 Å². The van der Waals surface area contributed by atoms with E-state index in [1.54, 1.807) is 13.2 Å². The van der Waals surface area contributed by atoms with Crippen molar-refractivity contribution < 1.29 is 9.53 Å². The van der Waals surface area contributed by atoms with Crippen molar-refractivity contribution in [3.8, 4) is 16.9 Å². The lowest BCUT2D eigenvalue weighted by Gasteiger charge is -2.20. The molecule has 0 saturated heterocycles. The van der Waals surface area contributed by atoms with E-state index in [0.29, 0.717) is 33.8 Å². The molecular weight excluding hydrogens is 530 g/mol. The Bertz CT molecular complexity index is 1550. The molecule has 0 unspecified atom stereocenters. The van der Waals surface area contributed by atoms with Gasteiger partial charge in [-0.25, -0.2) is 5.01 Å². The van der Waals surface area contributed by atoms with Gasteiger partial charge in [0.25, 0.3) is 5.56 Å². The third-order valence-electron chi connectivity index (χ3n) is 6.14. The summed E-state index contributed by atoms with van der Waals surface area (Å²) in [5, 5.41) is 7.45. The Hall–Kier alpha value is -3.42. The maximum absolute atomic E-state index is 13.5. The molecule has 1 aliphatic heterocycles. The highest BCUT2D eigenvalue weighted by atomic mass is 79.9. The minimum Gasteiger partial charge on any atom is -0.497 e. The van der Waals surface area contributed by atoms with Crippen LogP contribution in [0.4, 0.5) is 0 Å². The van der Waals surface area contributed by atoms with Crippen molar-refractivity contribution in [2.75, 3.05) is 7.11 Å². The van der Waals surface area contributed by atoms with Crippen molar-refractivity contribution in [1.82, 2.24) is 9.99 Å². The van der Waals surface area contributed by atoms with Crippen LogP contribution >= 0.6 is 27.5 Å². The average molecular weight is 551 g/mol. The summed E-state index contributed by atoms with van der Waals surface area (Å²) in [6.45, 7) is 1.47. The molecule has 4 aromatic rings. The number of amides is 1. The lowest BCUT2D eigenvalue weighted by molar-refractivity contribution is -0.130. The molecule has 3 aromatic carbocycles. The van der Waals surface area contributed by atoms with Crippen molar-refractivity contribution in [3.05, 3.63) is 97.7 Å². The monoisotopic (exact) mass is 549 g/mol. The Morgan fingerprint density at radius 1 is 1.11 bits per heavy atom. The third-order valence-corrected chi connectivity index (χ3v) is 6.96. The first-order valence-corrected chi connectivity index (χ1v) is 12.2. The molecule has 0 spiro atoms. The van der Waals surface area contributed by atoms with Gasteiger partial charge in [0, 0.05) is 44.9 Å². The second-order valence-electron chi connectivity index (χ2n) is 8.28. The van der Waals surface area contributed by atoms with Crippen molar-refractivity contribution in [2.45, 2.75) is 19.4 Å². The Labute approximate surface area is 215 Å². The quantitative estimate of drug-likeness (QED) is 0.323. The van der Waals surface area contributed by atoms with E-state index >= 15 is 0 Å². The number of aromatic amines is 1. The Balaban J connectivity index is 1.73. The van der Waals surface area contributed by atoms with Crippen LogP contribution in [0.25, 0.3) is 22.0 Å². The number of pyridine rings is 1. The fourth-order valence-electron chi connectivity index (χ4n) is 4.52. The van der Waals surface area contributed by atoms with E-state index in [2.05, 4.69) is 26.0 Å². The SMILES string of the molecule is COc1ccc([C@@H]2CC(c3c(-c4ccccc4Cl)c4cc(Br)ccc4[nH]c3=O)=NN2C(C)=O)cc1. The predicted molar refractivity (Wildman–Crippen MR) is 142 cm³/mol. The smallest absolute Gasteiger partial charge is 0.258 e. The molecule has 35 heavy (non-hydrogen) atoms. The van der Waals surface area contributed by atoms with Gasteiger partial charge in [0.1, 0.15) is 5.75 Å². The van der Waals surface area contributed by atoms with Gasteiger partial charge in [-0.05, 0) is 42.0 Å². The summed E-state index contributed by atoms with van der Waals surface area (Å²) < 4.78 is 6.13. The van der Waals surface area contributed by atoms with Crippen molar-refractivity contribution in [2.24, 2.45) is 5.10 Å². The van der Waals surface area contributed by atoms with Crippen molar-refractivity contribution in [3.63, 3.8) is 0 Å². The van der Waals surface area contributed by atoms with Gasteiger partial charge in [-0.1, -0.05) is 57.9 Å². The summed E-state index contributed by atoms with van der Waals surface area (Å²) in [6, 6.07) is 20.3. The molecule has 1 aromatic heterocycles. The van der Waals surface area contributed by atoms with Gasteiger partial charge < -0.3 is 9.72 Å². The number of hydrazone groups is 1. The molecule has 0 saturated carbocycles. The number of nitrogens with zero attached hydrogens (tertiary/aromatic N) is 2. The number of fused-ring (bicyclic) bond motifs is 1. The van der Waals surface area contributed by atoms with Crippen molar-refractivity contribution in [1.29, 1.82) is 0 Å². The number of carbonyl (C=O) groups excluding carboxylic acids is 1. The molecule has 8 heteroatoms. The zero-order valence-electron chi connectivity index (χ0n) is 19.0. The zero-order valence-corrected chi connectivity index (χ0v) is 21.4. The number of aromatic nitrogens is 1. The van der Waals surface area contributed by atoms with E-state index in [0.717, 1.165) is 26.7 Å². The van der Waals surface area contributed by atoms with E-state index in [1.807, 2.05) is 60.7 Å². The summed E-state index contributed by atoms with van der Waals surface area (Å²) >= 11 is 10.2. The Kier molecular flexibility index (Phi) is 6.21. The van der Waals surface area contributed by atoms with Crippen LogP contribution in [0.5, 0.6) is 5.75 Å². The molecule has 0 bridgehead atoms. The number of halogens is 2. The van der Waals surface area contributed by atoms with Crippen LogP contribution in [-0.4, -0.2) is 28.7 Å². The molecule has 6 nitrogen and oxygen atoms in total. The van der Waals surface area contributed by atoms with Crippen LogP contribution in [-0.2, 0) is 4.79 Å². The highest BCUT2D eigenvalue weighted by Gasteiger charge is 2.34. The molecule has 0 fully saturated rings. The molecule has 176 valence electrons. The zero-order chi connectivity index (χ0) is 24.7. The van der Waals surface area contributed by atoms with E-state index in [1.165, 1.54) is 11.9 Å². The van der Waals surface area contributed by atoms with Crippen molar-refractivity contribution >= 4 is 50.1 Å². The Morgan fingerprint density at radius 2 is 1.86 bits per heavy atom. The number of H-pyrrole nitrogens is 1. The fourth-order valence-corrected chi connectivity index (χ4v) is 5.11. The molecule has 1 amide bonds. The topological polar surface area (TPSA) is 74.8 Å². The number of carbonyl (C=O) groups is 1. The maximum Gasteiger partial charge on any atom is 0.258 e. The molecule has 1 atom stereocenters. The number of hydrogen-bond donors (Lipinski definition) is 1. The fraction of sp³-hybridized carbons (Fsp3) is 0.148. The van der Waals surface area contributed by atoms with Crippen LogP contribution in [0.1, 0.15) is 30.5 Å². The molecule has 2 heterocycles. The number of ether oxygens (including phenoxy) is 1. The molecule has 1 aliphatic rings. The van der Waals surface area contributed by atoms with Gasteiger partial charge in [0.05, 0.1) is 24.4 Å². The minimum atomic E-state index is -0.342. The highest BCUT2D eigenvalue weighted by Crippen LogP contribution is 2.39. The second-order valence-corrected chi connectivity index (χ2v) is 9.60. The van der Waals surface area contributed by atoms with Gasteiger partial charge in [-0.2, -0.15) is 5.10 Å². The van der Waals surface area contributed by atoms with E-state index in [4.69, 9.17) is 16.3 Å². The second kappa shape index (κ2) is 9.32. The summed E-state index contributed by atoms with van der Waals surface area (Å²) in [6.07, 6.45) is 0.381. The lowest BCUT2D eigenvalue weighted by Crippen LogP contribution is -2.24. The molecule has 1 N–H and O–H groups in total. The van der Waals surface area contributed by atoms with Crippen LogP contribution in [0.2, 0.25) is 5.02 Å². The predicted octanol–water partition coefficient (Wildman–Crippen LogP) is 6.32. The normalized spacial score (nSPS) is 15.4. The van der Waals surface area contributed by atoms with Crippen LogP contribution in [0.15, 0.2) is 81.1 Å². The van der Waals surface area contributed by atoms with Gasteiger partial charge in [0.2, 0.25) is 5.91 Å².